The molecule has 1 aromatic heterocycles. The fourth-order valence-corrected chi connectivity index (χ4v) is 2.46. The average Bonchev–Trinajstić information content (AvgIpc) is 2.73. The Balaban J connectivity index is 1.64. The van der Waals surface area contributed by atoms with Crippen molar-refractivity contribution < 1.29 is 0 Å². The summed E-state index contributed by atoms with van der Waals surface area (Å²) in [7, 11) is 0. The molecule has 1 saturated carbocycles. The zero-order valence-corrected chi connectivity index (χ0v) is 10.4. The van der Waals surface area contributed by atoms with Gasteiger partial charge in [0.25, 0.3) is 0 Å². The van der Waals surface area contributed by atoms with Gasteiger partial charge in [-0.3, -0.25) is 0 Å². The van der Waals surface area contributed by atoms with Gasteiger partial charge in [-0.1, -0.05) is 13.8 Å². The molecular formula is C13H23N3. The molecule has 0 radical (unpaired) electrons. The lowest BCUT2D eigenvalue weighted by atomic mass is 9.73. The van der Waals surface area contributed by atoms with Gasteiger partial charge in [-0.25, -0.2) is 4.98 Å². The maximum atomic E-state index is 4.01. The molecule has 2 N–H and O–H groups in total. The van der Waals surface area contributed by atoms with Crippen molar-refractivity contribution in [2.45, 2.75) is 46.1 Å². The quantitative estimate of drug-likeness (QED) is 0.820. The van der Waals surface area contributed by atoms with Crippen molar-refractivity contribution in [3.63, 3.8) is 0 Å². The maximum Gasteiger partial charge on any atom is 0.0922 e. The molecule has 1 aliphatic rings. The van der Waals surface area contributed by atoms with Crippen LogP contribution in [0.25, 0.3) is 0 Å². The molecule has 0 unspecified atom stereocenters. The molecule has 0 aliphatic heterocycles. The van der Waals surface area contributed by atoms with E-state index in [-0.39, 0.29) is 0 Å². The Labute approximate surface area is 98.1 Å². The number of nitrogens with one attached hydrogen (secondary N) is 2. The van der Waals surface area contributed by atoms with E-state index in [4.69, 9.17) is 0 Å². The summed E-state index contributed by atoms with van der Waals surface area (Å²) in [5.74, 6) is 0.871. The molecule has 0 bridgehead atoms. The maximum absolute atomic E-state index is 4.01. The number of H-pyrrole nitrogens is 1. The molecule has 90 valence electrons. The summed E-state index contributed by atoms with van der Waals surface area (Å²) >= 11 is 0. The second-order valence-electron chi connectivity index (χ2n) is 5.82. The molecule has 0 amide bonds. The molecule has 1 fully saturated rings. The molecule has 16 heavy (non-hydrogen) atoms. The number of hydrogen-bond acceptors (Lipinski definition) is 2. The van der Waals surface area contributed by atoms with Crippen LogP contribution in [0, 0.1) is 11.3 Å². The third kappa shape index (κ3) is 3.34. The Morgan fingerprint density at radius 1 is 1.44 bits per heavy atom. The third-order valence-electron chi connectivity index (χ3n) is 3.76. The van der Waals surface area contributed by atoms with Gasteiger partial charge in [-0.05, 0) is 43.6 Å². The Bertz CT molecular complexity index is 293. The van der Waals surface area contributed by atoms with Crippen LogP contribution in [-0.2, 0) is 6.54 Å². The van der Waals surface area contributed by atoms with E-state index in [2.05, 4.69) is 29.1 Å². The van der Waals surface area contributed by atoms with E-state index in [0.29, 0.717) is 5.41 Å². The van der Waals surface area contributed by atoms with Gasteiger partial charge in [0.15, 0.2) is 0 Å². The highest BCUT2D eigenvalue weighted by molar-refractivity contribution is 4.93. The van der Waals surface area contributed by atoms with Gasteiger partial charge in [-0.15, -0.1) is 0 Å². The zero-order valence-electron chi connectivity index (χ0n) is 10.4. The van der Waals surface area contributed by atoms with Crippen LogP contribution in [0.3, 0.4) is 0 Å². The van der Waals surface area contributed by atoms with Crippen LogP contribution in [0.15, 0.2) is 12.5 Å². The Kier molecular flexibility index (Phi) is 3.64. The van der Waals surface area contributed by atoms with Crippen molar-refractivity contribution in [2.24, 2.45) is 11.3 Å². The SMILES string of the molecule is CC1(C)CCC(CNCc2cnc[nH]2)CC1. The van der Waals surface area contributed by atoms with E-state index in [0.717, 1.165) is 19.0 Å². The molecular weight excluding hydrogens is 198 g/mol. The Hall–Kier alpha value is -0.830. The van der Waals surface area contributed by atoms with Gasteiger partial charge in [-0.2, -0.15) is 0 Å². The largest absolute Gasteiger partial charge is 0.347 e. The number of aromatic amines is 1. The zero-order chi connectivity index (χ0) is 11.4. The van der Waals surface area contributed by atoms with Crippen molar-refractivity contribution in [1.29, 1.82) is 0 Å². The van der Waals surface area contributed by atoms with Crippen LogP contribution in [0.5, 0.6) is 0 Å². The third-order valence-corrected chi connectivity index (χ3v) is 3.76. The highest BCUT2D eigenvalue weighted by atomic mass is 14.9. The van der Waals surface area contributed by atoms with Gasteiger partial charge >= 0.3 is 0 Å². The van der Waals surface area contributed by atoms with Crippen molar-refractivity contribution in [2.75, 3.05) is 6.54 Å². The van der Waals surface area contributed by atoms with Gasteiger partial charge in [0, 0.05) is 18.4 Å². The van der Waals surface area contributed by atoms with E-state index in [1.165, 1.54) is 31.4 Å². The Morgan fingerprint density at radius 2 is 2.19 bits per heavy atom. The second kappa shape index (κ2) is 5.00. The van der Waals surface area contributed by atoms with Crippen LogP contribution in [0.1, 0.15) is 45.2 Å². The molecule has 1 aliphatic carbocycles. The van der Waals surface area contributed by atoms with Crippen LogP contribution in [0.2, 0.25) is 0 Å². The fraction of sp³-hybridized carbons (Fsp3) is 0.769. The summed E-state index contributed by atoms with van der Waals surface area (Å²) in [5, 5.41) is 3.51. The lowest BCUT2D eigenvalue weighted by molar-refractivity contribution is 0.188. The highest BCUT2D eigenvalue weighted by Gasteiger charge is 2.26. The van der Waals surface area contributed by atoms with Crippen molar-refractivity contribution in [1.82, 2.24) is 15.3 Å². The summed E-state index contributed by atoms with van der Waals surface area (Å²) < 4.78 is 0. The molecule has 0 spiro atoms. The molecule has 0 saturated heterocycles. The van der Waals surface area contributed by atoms with Gasteiger partial charge < -0.3 is 10.3 Å². The molecule has 0 aromatic carbocycles. The van der Waals surface area contributed by atoms with E-state index in [1.54, 1.807) is 6.33 Å². The van der Waals surface area contributed by atoms with E-state index in [9.17, 15) is 0 Å². The standard InChI is InChI=1S/C13H23N3/c1-13(2)5-3-11(4-6-13)7-14-8-12-9-15-10-16-12/h9-11,14H,3-8H2,1-2H3,(H,15,16). The number of imidazole rings is 1. The van der Waals surface area contributed by atoms with Crippen LogP contribution in [-0.4, -0.2) is 16.5 Å². The summed E-state index contributed by atoms with van der Waals surface area (Å²) in [5.41, 5.74) is 1.76. The number of rotatable bonds is 4. The smallest absolute Gasteiger partial charge is 0.0922 e. The van der Waals surface area contributed by atoms with Crippen molar-refractivity contribution in [3.8, 4) is 0 Å². The summed E-state index contributed by atoms with van der Waals surface area (Å²) in [6, 6.07) is 0. The molecule has 2 rings (SSSR count). The van der Waals surface area contributed by atoms with Crippen LogP contribution in [0.4, 0.5) is 0 Å². The number of aromatic nitrogens is 2. The summed E-state index contributed by atoms with van der Waals surface area (Å²) in [6.45, 7) is 6.84. The lowest BCUT2D eigenvalue weighted by Crippen LogP contribution is -2.29. The predicted octanol–water partition coefficient (Wildman–Crippen LogP) is 2.72. The van der Waals surface area contributed by atoms with Gasteiger partial charge in [0.05, 0.1) is 6.33 Å². The molecule has 3 nitrogen and oxygen atoms in total. The summed E-state index contributed by atoms with van der Waals surface area (Å²) in [4.78, 5) is 7.13. The first-order valence-electron chi connectivity index (χ1n) is 6.34. The average molecular weight is 221 g/mol. The van der Waals surface area contributed by atoms with E-state index < -0.39 is 0 Å². The normalized spacial score (nSPS) is 21.1. The topological polar surface area (TPSA) is 40.7 Å². The molecule has 1 aromatic rings. The first-order chi connectivity index (χ1) is 7.66. The first kappa shape index (κ1) is 11.6. The lowest BCUT2D eigenvalue weighted by Gasteiger charge is -2.34. The monoisotopic (exact) mass is 221 g/mol. The Morgan fingerprint density at radius 3 is 2.81 bits per heavy atom. The second-order valence-corrected chi connectivity index (χ2v) is 5.82. The fourth-order valence-electron chi connectivity index (χ4n) is 2.46. The van der Waals surface area contributed by atoms with Crippen LogP contribution < -0.4 is 5.32 Å². The van der Waals surface area contributed by atoms with Crippen molar-refractivity contribution >= 4 is 0 Å². The minimum absolute atomic E-state index is 0.583. The highest BCUT2D eigenvalue weighted by Crippen LogP contribution is 2.37. The predicted molar refractivity (Wildman–Crippen MR) is 66.0 cm³/mol. The summed E-state index contributed by atoms with van der Waals surface area (Å²) in [6.07, 6.45) is 9.13. The van der Waals surface area contributed by atoms with E-state index in [1.807, 2.05) is 6.20 Å². The number of nitrogens with zero attached hydrogens (tertiary/aromatic N) is 1. The van der Waals surface area contributed by atoms with E-state index >= 15 is 0 Å². The van der Waals surface area contributed by atoms with Crippen LogP contribution >= 0.6 is 0 Å². The molecule has 0 atom stereocenters. The minimum Gasteiger partial charge on any atom is -0.347 e. The number of hydrogen-bond donors (Lipinski definition) is 2. The van der Waals surface area contributed by atoms with Gasteiger partial charge in [0.2, 0.25) is 0 Å². The van der Waals surface area contributed by atoms with Crippen molar-refractivity contribution in [3.05, 3.63) is 18.2 Å². The molecule has 3 heteroatoms. The first-order valence-corrected chi connectivity index (χ1v) is 6.34. The minimum atomic E-state index is 0.583. The molecule has 1 heterocycles. The van der Waals surface area contributed by atoms with Gasteiger partial charge in [0.1, 0.15) is 0 Å².